The maximum atomic E-state index is 12.7. The molecule has 6 N–H and O–H groups in total. The van der Waals surface area contributed by atoms with E-state index in [0.29, 0.717) is 18.5 Å². The highest BCUT2D eigenvalue weighted by Crippen LogP contribution is 2.23. The molecule has 3 rings (SSSR count). The third kappa shape index (κ3) is 9.42. The summed E-state index contributed by atoms with van der Waals surface area (Å²) in [6.45, 7) is 0.302. The van der Waals surface area contributed by atoms with Crippen molar-refractivity contribution in [3.05, 3.63) is 65.7 Å². The third-order valence-corrected chi connectivity index (χ3v) is 6.07. The lowest BCUT2D eigenvalue weighted by molar-refractivity contribution is -0.142. The van der Waals surface area contributed by atoms with Crippen LogP contribution >= 0.6 is 0 Å². The van der Waals surface area contributed by atoms with Crippen LogP contribution in [0.25, 0.3) is 0 Å². The van der Waals surface area contributed by atoms with Crippen molar-refractivity contribution in [2.75, 3.05) is 6.54 Å². The molecule has 2 aromatic carbocycles. The molecule has 0 unspecified atom stereocenters. The van der Waals surface area contributed by atoms with Crippen molar-refractivity contribution in [2.24, 2.45) is 0 Å². The molecule has 1 aliphatic rings. The molecular weight excluding hydrogens is 510 g/mol. The molecule has 3 amide bonds. The molecule has 208 valence electrons. The number of aliphatic carboxylic acids is 2. The van der Waals surface area contributed by atoms with Gasteiger partial charge in [0.2, 0.25) is 5.91 Å². The molecule has 0 bridgehead atoms. The van der Waals surface area contributed by atoms with Gasteiger partial charge in [0.1, 0.15) is 17.8 Å². The predicted molar refractivity (Wildman–Crippen MR) is 137 cm³/mol. The Morgan fingerprint density at radius 3 is 2.03 bits per heavy atom. The van der Waals surface area contributed by atoms with Gasteiger partial charge in [-0.15, -0.1) is 0 Å². The number of carbonyl (C=O) groups is 5. The molecule has 4 atom stereocenters. The molecule has 12 heteroatoms. The second-order valence-electron chi connectivity index (χ2n) is 9.12. The van der Waals surface area contributed by atoms with E-state index in [2.05, 4.69) is 16.0 Å². The smallest absolute Gasteiger partial charge is 0.326 e. The van der Waals surface area contributed by atoms with Crippen molar-refractivity contribution < 1.29 is 44.0 Å². The van der Waals surface area contributed by atoms with Gasteiger partial charge in [0.05, 0.1) is 0 Å². The van der Waals surface area contributed by atoms with Gasteiger partial charge in [0, 0.05) is 19.4 Å². The van der Waals surface area contributed by atoms with Crippen molar-refractivity contribution >= 4 is 29.7 Å². The van der Waals surface area contributed by atoms with Crippen LogP contribution in [0.2, 0.25) is 0 Å². The Morgan fingerprint density at radius 2 is 1.44 bits per heavy atom. The number of carboxylic acid groups (broad SMARTS) is 2. The molecule has 1 fully saturated rings. The van der Waals surface area contributed by atoms with Crippen LogP contribution in [0.15, 0.2) is 54.6 Å². The lowest BCUT2D eigenvalue weighted by atomic mass is 10.1. The van der Waals surface area contributed by atoms with Gasteiger partial charge in [-0.2, -0.15) is 0 Å². The summed E-state index contributed by atoms with van der Waals surface area (Å²) in [6.07, 6.45) is -1.93. The van der Waals surface area contributed by atoms with E-state index in [-0.39, 0.29) is 31.4 Å². The lowest BCUT2D eigenvalue weighted by Crippen LogP contribution is -2.49. The summed E-state index contributed by atoms with van der Waals surface area (Å²) < 4.78 is 5.17. The Bertz CT molecular complexity index is 1170. The normalized spacial score (nSPS) is 17.3. The van der Waals surface area contributed by atoms with Crippen molar-refractivity contribution in [3.8, 4) is 5.75 Å². The summed E-state index contributed by atoms with van der Waals surface area (Å²) in [4.78, 5) is 60.6. The van der Waals surface area contributed by atoms with Crippen molar-refractivity contribution in [1.82, 2.24) is 16.0 Å². The van der Waals surface area contributed by atoms with Crippen molar-refractivity contribution in [2.45, 2.75) is 56.4 Å². The highest BCUT2D eigenvalue weighted by atomic mass is 16.6. The first-order valence-electron chi connectivity index (χ1n) is 12.4. The quantitative estimate of drug-likeness (QED) is 0.173. The number of phenolic OH excluding ortho intramolecular Hbond substituents is 1. The minimum absolute atomic E-state index is 0.0148. The summed E-state index contributed by atoms with van der Waals surface area (Å²) in [5, 5.41) is 35.4. The number of rotatable bonds is 15. The Hall–Kier alpha value is -4.45. The Balaban J connectivity index is 1.53. The SMILES string of the molecule is O=C(O)CCC[C@H](NC(=O)[C@H]1O[C@@H]1C(=O)N[C@@H](Cc1ccc(O)cc1)C(=O)O)C(=O)NCCc1ccccc1. The average Bonchev–Trinajstić information content (AvgIpc) is 3.70. The number of nitrogens with one attached hydrogen (secondary N) is 3. The maximum Gasteiger partial charge on any atom is 0.326 e. The summed E-state index contributed by atoms with van der Waals surface area (Å²) in [6, 6.07) is 12.9. The molecule has 39 heavy (non-hydrogen) atoms. The van der Waals surface area contributed by atoms with Crippen LogP contribution in [0.3, 0.4) is 0 Å². The molecule has 1 aliphatic heterocycles. The lowest BCUT2D eigenvalue weighted by Gasteiger charge is -2.18. The molecule has 0 spiro atoms. The van der Waals surface area contributed by atoms with Crippen molar-refractivity contribution in [1.29, 1.82) is 0 Å². The van der Waals surface area contributed by atoms with Gasteiger partial charge >= 0.3 is 11.9 Å². The fraction of sp³-hybridized carbons (Fsp3) is 0.370. The monoisotopic (exact) mass is 541 g/mol. The van der Waals surface area contributed by atoms with Gasteiger partial charge < -0.3 is 36.0 Å². The third-order valence-electron chi connectivity index (χ3n) is 6.07. The molecule has 0 aliphatic carbocycles. The summed E-state index contributed by atoms with van der Waals surface area (Å²) >= 11 is 0. The zero-order valence-electron chi connectivity index (χ0n) is 21.0. The van der Waals surface area contributed by atoms with E-state index in [1.807, 2.05) is 30.3 Å². The Labute approximate surface area is 224 Å². The van der Waals surface area contributed by atoms with Gasteiger partial charge in [-0.1, -0.05) is 42.5 Å². The maximum absolute atomic E-state index is 12.7. The predicted octanol–water partition coefficient (Wildman–Crippen LogP) is 0.370. The van der Waals surface area contributed by atoms with Gasteiger partial charge in [-0.05, 0) is 42.5 Å². The highest BCUT2D eigenvalue weighted by Gasteiger charge is 2.51. The number of amides is 3. The van der Waals surface area contributed by atoms with E-state index in [0.717, 1.165) is 5.56 Å². The van der Waals surface area contributed by atoms with Crippen LogP contribution < -0.4 is 16.0 Å². The van der Waals surface area contributed by atoms with Crippen LogP contribution in [0, 0.1) is 0 Å². The fourth-order valence-corrected chi connectivity index (χ4v) is 3.91. The van der Waals surface area contributed by atoms with E-state index >= 15 is 0 Å². The largest absolute Gasteiger partial charge is 0.508 e. The molecule has 0 aromatic heterocycles. The topological polar surface area (TPSA) is 195 Å². The van der Waals surface area contributed by atoms with Gasteiger partial charge in [-0.25, -0.2) is 4.79 Å². The molecular formula is C27H31N3O9. The van der Waals surface area contributed by atoms with Gasteiger partial charge in [0.15, 0.2) is 12.2 Å². The number of phenols is 1. The van der Waals surface area contributed by atoms with E-state index in [9.17, 15) is 34.2 Å². The molecule has 12 nitrogen and oxygen atoms in total. The second kappa shape index (κ2) is 13.9. The minimum atomic E-state index is -1.30. The first-order valence-corrected chi connectivity index (χ1v) is 12.4. The zero-order chi connectivity index (χ0) is 28.4. The molecule has 1 heterocycles. The van der Waals surface area contributed by atoms with E-state index in [4.69, 9.17) is 9.84 Å². The number of ether oxygens (including phenoxy) is 1. The van der Waals surface area contributed by atoms with E-state index < -0.39 is 54.0 Å². The Morgan fingerprint density at radius 1 is 0.821 bits per heavy atom. The number of aromatic hydroxyl groups is 1. The van der Waals surface area contributed by atoms with E-state index in [1.54, 1.807) is 0 Å². The first-order chi connectivity index (χ1) is 18.6. The highest BCUT2D eigenvalue weighted by molar-refractivity contribution is 5.98. The molecule has 0 radical (unpaired) electrons. The summed E-state index contributed by atoms with van der Waals surface area (Å²) in [7, 11) is 0. The first kappa shape index (κ1) is 29.1. The number of hydrogen-bond acceptors (Lipinski definition) is 7. The standard InChI is InChI=1S/C27H31N3O9/c31-18-11-9-17(10-12-18)15-20(27(37)38)30-26(36)23-22(39-23)25(35)29-19(7-4-8-21(32)33)24(34)28-14-13-16-5-2-1-3-6-16/h1-3,5-6,9-12,19-20,22-23,31H,4,7-8,13-15H2,(H,28,34)(H,29,35)(H,30,36)(H,32,33)(H,37,38)/t19-,20-,22-,23-/m0/s1. The fourth-order valence-electron chi connectivity index (χ4n) is 3.91. The van der Waals surface area contributed by atoms with Crippen LogP contribution in [-0.4, -0.2) is 75.8 Å². The number of benzene rings is 2. The van der Waals surface area contributed by atoms with Crippen LogP contribution in [0.1, 0.15) is 30.4 Å². The summed E-state index contributed by atoms with van der Waals surface area (Å²) in [5.41, 5.74) is 1.57. The zero-order valence-corrected chi connectivity index (χ0v) is 21.0. The van der Waals surface area contributed by atoms with Gasteiger partial charge in [0.25, 0.3) is 11.8 Å². The number of hydrogen-bond donors (Lipinski definition) is 6. The molecule has 2 aromatic rings. The number of carbonyl (C=O) groups excluding carboxylic acids is 3. The second-order valence-corrected chi connectivity index (χ2v) is 9.12. The molecule has 0 saturated carbocycles. The van der Waals surface area contributed by atoms with Crippen LogP contribution in [0.5, 0.6) is 5.75 Å². The minimum Gasteiger partial charge on any atom is -0.508 e. The number of epoxide rings is 1. The number of carboxylic acids is 2. The molecule has 1 saturated heterocycles. The Kier molecular flexibility index (Phi) is 10.4. The average molecular weight is 542 g/mol. The summed E-state index contributed by atoms with van der Waals surface area (Å²) in [5.74, 6) is -4.33. The van der Waals surface area contributed by atoms with Crippen molar-refractivity contribution in [3.63, 3.8) is 0 Å². The van der Waals surface area contributed by atoms with E-state index in [1.165, 1.54) is 24.3 Å². The van der Waals surface area contributed by atoms with Crippen LogP contribution in [-0.2, 0) is 41.6 Å². The van der Waals surface area contributed by atoms with Gasteiger partial charge in [-0.3, -0.25) is 19.2 Å². The van der Waals surface area contributed by atoms with Crippen LogP contribution in [0.4, 0.5) is 0 Å².